The van der Waals surface area contributed by atoms with Crippen molar-refractivity contribution in [2.45, 2.75) is 110 Å². The van der Waals surface area contributed by atoms with Gasteiger partial charge in [-0.2, -0.15) is 0 Å². The van der Waals surface area contributed by atoms with Gasteiger partial charge >= 0.3 is 11.9 Å². The highest BCUT2D eigenvalue weighted by molar-refractivity contribution is 5.69. The first-order valence-electron chi connectivity index (χ1n) is 9.51. The first kappa shape index (κ1) is 21.9. The minimum absolute atomic E-state index is 0.125. The minimum atomic E-state index is -0.791. The van der Waals surface area contributed by atoms with E-state index in [-0.39, 0.29) is 18.5 Å². The highest BCUT2D eigenvalue weighted by Crippen LogP contribution is 2.13. The molecule has 0 rings (SSSR count). The summed E-state index contributed by atoms with van der Waals surface area (Å²) in [7, 11) is 0. The van der Waals surface area contributed by atoms with Crippen LogP contribution in [0.25, 0.3) is 0 Å². The number of unbranched alkanes of at least 4 members (excludes halogenated alkanes) is 8. The van der Waals surface area contributed by atoms with Crippen molar-refractivity contribution in [2.24, 2.45) is 0 Å². The molecule has 0 aliphatic rings. The highest BCUT2D eigenvalue weighted by atomic mass is 16.5. The molecule has 0 radical (unpaired) electrons. The third-order valence-electron chi connectivity index (χ3n) is 4.15. The second kappa shape index (κ2) is 15.8. The molecule has 0 fully saturated rings. The summed E-state index contributed by atoms with van der Waals surface area (Å²) in [6, 6.07) is 0. The number of aliphatic carboxylic acids is 1. The van der Waals surface area contributed by atoms with Gasteiger partial charge in [-0.05, 0) is 25.7 Å². The number of carboxylic acid groups (broad SMARTS) is 1. The van der Waals surface area contributed by atoms with E-state index in [1.54, 1.807) is 0 Å². The Morgan fingerprint density at radius 1 is 0.826 bits per heavy atom. The largest absolute Gasteiger partial charge is 0.481 e. The van der Waals surface area contributed by atoms with E-state index in [9.17, 15) is 9.59 Å². The van der Waals surface area contributed by atoms with Crippen LogP contribution >= 0.6 is 0 Å². The Labute approximate surface area is 142 Å². The molecule has 1 unspecified atom stereocenters. The lowest BCUT2D eigenvalue weighted by molar-refractivity contribution is -0.149. The summed E-state index contributed by atoms with van der Waals surface area (Å²) in [4.78, 5) is 22.3. The number of rotatable bonds is 16. The van der Waals surface area contributed by atoms with E-state index in [0.717, 1.165) is 19.3 Å². The molecule has 0 saturated carbocycles. The van der Waals surface area contributed by atoms with Gasteiger partial charge in [-0.25, -0.2) is 0 Å². The molecule has 0 heterocycles. The van der Waals surface area contributed by atoms with Crippen LogP contribution in [0, 0.1) is 0 Å². The number of carboxylic acids is 1. The molecule has 23 heavy (non-hydrogen) atoms. The Kier molecular flexibility index (Phi) is 15.1. The normalized spacial score (nSPS) is 12.1. The number of esters is 1. The van der Waals surface area contributed by atoms with E-state index >= 15 is 0 Å². The van der Waals surface area contributed by atoms with Gasteiger partial charge in [0.25, 0.3) is 0 Å². The van der Waals surface area contributed by atoms with Crippen LogP contribution in [0.3, 0.4) is 0 Å². The summed E-state index contributed by atoms with van der Waals surface area (Å²) in [5.41, 5.74) is 0. The van der Waals surface area contributed by atoms with E-state index in [2.05, 4.69) is 6.92 Å². The Morgan fingerprint density at radius 2 is 1.39 bits per heavy atom. The Morgan fingerprint density at radius 3 is 1.91 bits per heavy atom. The highest BCUT2D eigenvalue weighted by Gasteiger charge is 2.12. The topological polar surface area (TPSA) is 63.6 Å². The molecule has 0 aromatic rings. The molecule has 0 spiro atoms. The molecule has 0 saturated heterocycles. The van der Waals surface area contributed by atoms with E-state index in [1.807, 2.05) is 6.92 Å². The van der Waals surface area contributed by atoms with Crippen molar-refractivity contribution in [2.75, 3.05) is 0 Å². The number of carbonyl (C=O) groups excluding carboxylic acids is 1. The third kappa shape index (κ3) is 15.6. The smallest absolute Gasteiger partial charge is 0.306 e. The fraction of sp³-hybridized carbons (Fsp3) is 0.895. The van der Waals surface area contributed by atoms with Crippen molar-refractivity contribution in [3.8, 4) is 0 Å². The number of ether oxygens (including phenoxy) is 1. The van der Waals surface area contributed by atoms with Gasteiger partial charge in [0.1, 0.15) is 6.10 Å². The molecule has 0 aromatic carbocycles. The van der Waals surface area contributed by atoms with Gasteiger partial charge in [0.2, 0.25) is 0 Å². The van der Waals surface area contributed by atoms with Gasteiger partial charge in [0.15, 0.2) is 0 Å². The molecule has 1 N–H and O–H groups in total. The lowest BCUT2D eigenvalue weighted by Gasteiger charge is -2.15. The van der Waals surface area contributed by atoms with Crippen LogP contribution in [0.4, 0.5) is 0 Å². The van der Waals surface area contributed by atoms with Crippen LogP contribution in [-0.4, -0.2) is 23.1 Å². The first-order valence-corrected chi connectivity index (χ1v) is 9.51. The molecule has 136 valence electrons. The molecular formula is C19H36O4. The number of hydrogen-bond acceptors (Lipinski definition) is 3. The fourth-order valence-corrected chi connectivity index (χ4v) is 2.65. The molecule has 0 aromatic heterocycles. The summed E-state index contributed by atoms with van der Waals surface area (Å²) in [6.45, 7) is 4.20. The molecule has 0 aliphatic carbocycles. The SMILES string of the molecule is CCCCCCCCCCCC(=O)OC(CC)CCCC(=O)O. The zero-order valence-corrected chi connectivity index (χ0v) is 15.1. The summed E-state index contributed by atoms with van der Waals surface area (Å²) in [6.07, 6.45) is 13.6. The van der Waals surface area contributed by atoms with Crippen molar-refractivity contribution in [3.63, 3.8) is 0 Å². The number of carbonyl (C=O) groups is 2. The van der Waals surface area contributed by atoms with Crippen LogP contribution < -0.4 is 0 Å². The molecule has 0 amide bonds. The van der Waals surface area contributed by atoms with Crippen LogP contribution in [0.1, 0.15) is 104 Å². The van der Waals surface area contributed by atoms with Crippen LogP contribution in [0.15, 0.2) is 0 Å². The molecule has 1 atom stereocenters. The van der Waals surface area contributed by atoms with Crippen LogP contribution in [0.5, 0.6) is 0 Å². The van der Waals surface area contributed by atoms with Crippen molar-refractivity contribution in [1.82, 2.24) is 0 Å². The molecule has 0 bridgehead atoms. The predicted octanol–water partition coefficient (Wildman–Crippen LogP) is 5.48. The summed E-state index contributed by atoms with van der Waals surface area (Å²) in [5.74, 6) is -0.920. The minimum Gasteiger partial charge on any atom is -0.481 e. The second-order valence-corrected chi connectivity index (χ2v) is 6.38. The van der Waals surface area contributed by atoms with Crippen molar-refractivity contribution >= 4 is 11.9 Å². The summed E-state index contributed by atoms with van der Waals surface area (Å²) < 4.78 is 5.42. The molecule has 4 nitrogen and oxygen atoms in total. The maximum atomic E-state index is 11.8. The van der Waals surface area contributed by atoms with E-state index in [0.29, 0.717) is 19.3 Å². The fourth-order valence-electron chi connectivity index (χ4n) is 2.65. The van der Waals surface area contributed by atoms with Gasteiger partial charge in [-0.3, -0.25) is 9.59 Å². The predicted molar refractivity (Wildman–Crippen MR) is 93.5 cm³/mol. The van der Waals surface area contributed by atoms with E-state index in [4.69, 9.17) is 9.84 Å². The van der Waals surface area contributed by atoms with Crippen molar-refractivity contribution in [3.05, 3.63) is 0 Å². The Bertz CT molecular complexity index is 302. The van der Waals surface area contributed by atoms with Crippen molar-refractivity contribution < 1.29 is 19.4 Å². The molecule has 0 aliphatic heterocycles. The zero-order valence-electron chi connectivity index (χ0n) is 15.1. The van der Waals surface area contributed by atoms with Crippen molar-refractivity contribution in [1.29, 1.82) is 0 Å². The van der Waals surface area contributed by atoms with Gasteiger partial charge < -0.3 is 9.84 Å². The summed E-state index contributed by atoms with van der Waals surface area (Å²) in [5, 5.41) is 8.62. The molecular weight excluding hydrogens is 292 g/mol. The Hall–Kier alpha value is -1.06. The van der Waals surface area contributed by atoms with Crippen LogP contribution in [0.2, 0.25) is 0 Å². The Balaban J connectivity index is 3.51. The summed E-state index contributed by atoms with van der Waals surface area (Å²) >= 11 is 0. The average molecular weight is 328 g/mol. The van der Waals surface area contributed by atoms with Gasteiger partial charge in [-0.1, -0.05) is 65.2 Å². The average Bonchev–Trinajstić information content (AvgIpc) is 2.52. The van der Waals surface area contributed by atoms with E-state index in [1.165, 1.54) is 44.9 Å². The lowest BCUT2D eigenvalue weighted by atomic mass is 10.1. The second-order valence-electron chi connectivity index (χ2n) is 6.38. The monoisotopic (exact) mass is 328 g/mol. The van der Waals surface area contributed by atoms with Gasteiger partial charge in [0, 0.05) is 12.8 Å². The maximum Gasteiger partial charge on any atom is 0.306 e. The van der Waals surface area contributed by atoms with E-state index < -0.39 is 5.97 Å². The van der Waals surface area contributed by atoms with Crippen LogP contribution in [-0.2, 0) is 14.3 Å². The zero-order chi connectivity index (χ0) is 17.3. The lowest BCUT2D eigenvalue weighted by Crippen LogP contribution is -2.17. The maximum absolute atomic E-state index is 11.8. The standard InChI is InChI=1S/C19H36O4/c1-3-5-6-7-8-9-10-11-12-16-19(22)23-17(4-2)14-13-15-18(20)21/h17H,3-16H2,1-2H3,(H,20,21). The number of hydrogen-bond donors (Lipinski definition) is 1. The molecule has 4 heteroatoms. The quantitative estimate of drug-likeness (QED) is 0.301. The van der Waals surface area contributed by atoms with Gasteiger partial charge in [-0.15, -0.1) is 0 Å². The first-order chi connectivity index (χ1) is 11.1. The third-order valence-corrected chi connectivity index (χ3v) is 4.15. The van der Waals surface area contributed by atoms with Gasteiger partial charge in [0.05, 0.1) is 0 Å².